The van der Waals surface area contributed by atoms with Gasteiger partial charge in [0.25, 0.3) is 0 Å². The van der Waals surface area contributed by atoms with Gasteiger partial charge in [0.05, 0.1) is 14.2 Å². The second kappa shape index (κ2) is 8.29. The van der Waals surface area contributed by atoms with E-state index in [0.717, 1.165) is 11.3 Å². The lowest BCUT2D eigenvalue weighted by atomic mass is 10.1. The van der Waals surface area contributed by atoms with Gasteiger partial charge in [-0.05, 0) is 31.9 Å². The van der Waals surface area contributed by atoms with Gasteiger partial charge in [-0.1, -0.05) is 17.7 Å². The zero-order chi connectivity index (χ0) is 15.8. The van der Waals surface area contributed by atoms with Crippen LogP contribution in [0.15, 0.2) is 18.2 Å². The first-order valence-electron chi connectivity index (χ1n) is 6.93. The highest BCUT2D eigenvalue weighted by atomic mass is 16.5. The first-order chi connectivity index (χ1) is 9.97. The Morgan fingerprint density at radius 2 is 1.76 bits per heavy atom. The summed E-state index contributed by atoms with van der Waals surface area (Å²) in [5.41, 5.74) is 3.25. The van der Waals surface area contributed by atoms with E-state index < -0.39 is 0 Å². The lowest BCUT2D eigenvalue weighted by Gasteiger charge is -2.25. The molecule has 116 valence electrons. The van der Waals surface area contributed by atoms with E-state index in [9.17, 15) is 9.59 Å². The van der Waals surface area contributed by atoms with E-state index in [-0.39, 0.29) is 18.5 Å². The first kappa shape index (κ1) is 17.0. The summed E-state index contributed by atoms with van der Waals surface area (Å²) in [6.45, 7) is 4.79. The number of esters is 2. The summed E-state index contributed by atoms with van der Waals surface area (Å²) < 4.78 is 9.37. The molecule has 5 heteroatoms. The highest BCUT2D eigenvalue weighted by molar-refractivity contribution is 5.76. The Kier molecular flexibility index (Phi) is 6.72. The molecule has 21 heavy (non-hydrogen) atoms. The van der Waals surface area contributed by atoms with E-state index in [1.165, 1.54) is 19.8 Å². The molecule has 0 aliphatic rings. The Balaban J connectivity index is 2.80. The van der Waals surface area contributed by atoms with Crippen LogP contribution in [0.3, 0.4) is 0 Å². The molecule has 0 spiro atoms. The topological polar surface area (TPSA) is 55.8 Å². The van der Waals surface area contributed by atoms with Crippen molar-refractivity contribution in [1.29, 1.82) is 0 Å². The highest BCUT2D eigenvalue weighted by Crippen LogP contribution is 2.21. The number of aryl methyl sites for hydroxylation is 2. The van der Waals surface area contributed by atoms with E-state index >= 15 is 0 Å². The fourth-order valence-corrected chi connectivity index (χ4v) is 2.18. The highest BCUT2D eigenvalue weighted by Gasteiger charge is 2.14. The van der Waals surface area contributed by atoms with Crippen LogP contribution in [0, 0.1) is 13.8 Å². The molecule has 0 N–H and O–H groups in total. The van der Waals surface area contributed by atoms with Crippen LogP contribution in [0.5, 0.6) is 0 Å². The fourth-order valence-electron chi connectivity index (χ4n) is 2.18. The number of carbonyl (C=O) groups excluding carboxylic acids is 2. The predicted octanol–water partition coefficient (Wildman–Crippen LogP) is 2.24. The summed E-state index contributed by atoms with van der Waals surface area (Å²) in [5, 5.41) is 0. The van der Waals surface area contributed by atoms with Gasteiger partial charge >= 0.3 is 11.9 Å². The molecule has 0 heterocycles. The van der Waals surface area contributed by atoms with Crippen LogP contribution >= 0.6 is 0 Å². The molecule has 5 nitrogen and oxygen atoms in total. The maximum Gasteiger partial charge on any atom is 0.325 e. The van der Waals surface area contributed by atoms with Gasteiger partial charge in [0.1, 0.15) is 6.54 Å². The Hall–Kier alpha value is -2.04. The number of carbonyl (C=O) groups is 2. The monoisotopic (exact) mass is 293 g/mol. The van der Waals surface area contributed by atoms with Crippen molar-refractivity contribution in [3.05, 3.63) is 29.3 Å². The van der Waals surface area contributed by atoms with Crippen LogP contribution in [0.2, 0.25) is 0 Å². The van der Waals surface area contributed by atoms with Crippen molar-refractivity contribution in [2.45, 2.75) is 26.7 Å². The molecule has 1 rings (SSSR count). The van der Waals surface area contributed by atoms with Crippen molar-refractivity contribution in [3.63, 3.8) is 0 Å². The third-order valence-corrected chi connectivity index (χ3v) is 3.28. The number of hydrogen-bond acceptors (Lipinski definition) is 5. The molecule has 1 aromatic carbocycles. The molecule has 0 unspecified atom stereocenters. The lowest BCUT2D eigenvalue weighted by Crippen LogP contribution is -2.32. The molecule has 1 aromatic rings. The smallest absolute Gasteiger partial charge is 0.325 e. The molecular formula is C16H23NO4. The van der Waals surface area contributed by atoms with Gasteiger partial charge in [-0.2, -0.15) is 0 Å². The molecule has 0 radical (unpaired) electrons. The van der Waals surface area contributed by atoms with Crippen LogP contribution in [-0.2, 0) is 19.1 Å². The standard InChI is InChI=1S/C16H23NO4/c1-12-7-8-14(13(2)10-12)17(11-16(19)21-4)9-5-6-15(18)20-3/h7-8,10H,5-6,9,11H2,1-4H3. The number of hydrogen-bond donors (Lipinski definition) is 0. The third-order valence-electron chi connectivity index (χ3n) is 3.28. The minimum atomic E-state index is -0.298. The Morgan fingerprint density at radius 1 is 1.10 bits per heavy atom. The number of methoxy groups -OCH3 is 2. The zero-order valence-corrected chi connectivity index (χ0v) is 13.1. The normalized spacial score (nSPS) is 10.1. The van der Waals surface area contributed by atoms with Gasteiger partial charge in [0.15, 0.2) is 0 Å². The van der Waals surface area contributed by atoms with E-state index in [1.807, 2.05) is 30.9 Å². The predicted molar refractivity (Wildman–Crippen MR) is 81.4 cm³/mol. The quantitative estimate of drug-likeness (QED) is 0.722. The minimum absolute atomic E-state index is 0.168. The van der Waals surface area contributed by atoms with Crippen LogP contribution in [0.25, 0.3) is 0 Å². The molecule has 0 aromatic heterocycles. The summed E-state index contributed by atoms with van der Waals surface area (Å²) in [5.74, 6) is -0.540. The number of nitrogens with zero attached hydrogens (tertiary/aromatic N) is 1. The van der Waals surface area contributed by atoms with E-state index in [1.54, 1.807) is 0 Å². The van der Waals surface area contributed by atoms with E-state index in [4.69, 9.17) is 4.74 Å². The van der Waals surface area contributed by atoms with Crippen molar-refractivity contribution >= 4 is 17.6 Å². The molecule has 0 aliphatic carbocycles. The summed E-state index contributed by atoms with van der Waals surface area (Å²) >= 11 is 0. The van der Waals surface area contributed by atoms with Crippen LogP contribution < -0.4 is 4.90 Å². The number of benzene rings is 1. The van der Waals surface area contributed by atoms with Crippen molar-refractivity contribution < 1.29 is 19.1 Å². The summed E-state index contributed by atoms with van der Waals surface area (Å²) in [4.78, 5) is 24.7. The molecule has 0 atom stereocenters. The second-order valence-electron chi connectivity index (χ2n) is 4.97. The average molecular weight is 293 g/mol. The largest absolute Gasteiger partial charge is 0.469 e. The van der Waals surface area contributed by atoms with Gasteiger partial charge in [-0.3, -0.25) is 9.59 Å². The molecular weight excluding hydrogens is 270 g/mol. The Bertz CT molecular complexity index is 499. The van der Waals surface area contributed by atoms with Crippen LogP contribution in [-0.4, -0.2) is 39.2 Å². The zero-order valence-electron chi connectivity index (χ0n) is 13.1. The van der Waals surface area contributed by atoms with Crippen molar-refractivity contribution in [2.24, 2.45) is 0 Å². The van der Waals surface area contributed by atoms with Crippen LogP contribution in [0.1, 0.15) is 24.0 Å². The van der Waals surface area contributed by atoms with E-state index in [2.05, 4.69) is 10.8 Å². The van der Waals surface area contributed by atoms with Gasteiger partial charge in [-0.15, -0.1) is 0 Å². The molecule has 0 amide bonds. The number of ether oxygens (including phenoxy) is 2. The molecule has 0 aliphatic heterocycles. The minimum Gasteiger partial charge on any atom is -0.469 e. The molecule has 0 bridgehead atoms. The number of anilines is 1. The average Bonchev–Trinajstić information content (AvgIpc) is 2.46. The maximum absolute atomic E-state index is 11.6. The number of rotatable bonds is 7. The second-order valence-corrected chi connectivity index (χ2v) is 4.97. The van der Waals surface area contributed by atoms with Gasteiger partial charge in [0.2, 0.25) is 0 Å². The van der Waals surface area contributed by atoms with Gasteiger partial charge in [0, 0.05) is 18.7 Å². The summed E-state index contributed by atoms with van der Waals surface area (Å²) in [6.07, 6.45) is 0.954. The van der Waals surface area contributed by atoms with Gasteiger partial charge < -0.3 is 14.4 Å². The van der Waals surface area contributed by atoms with Crippen molar-refractivity contribution in [3.8, 4) is 0 Å². The molecule has 0 saturated carbocycles. The van der Waals surface area contributed by atoms with Crippen molar-refractivity contribution in [2.75, 3.05) is 32.2 Å². The summed E-state index contributed by atoms with van der Waals surface area (Å²) in [6, 6.07) is 6.07. The first-order valence-corrected chi connectivity index (χ1v) is 6.93. The Labute approximate surface area is 125 Å². The Morgan fingerprint density at radius 3 is 2.33 bits per heavy atom. The van der Waals surface area contributed by atoms with E-state index in [0.29, 0.717) is 19.4 Å². The molecule has 0 saturated heterocycles. The van der Waals surface area contributed by atoms with Gasteiger partial charge in [-0.25, -0.2) is 0 Å². The maximum atomic E-state index is 11.6. The third kappa shape index (κ3) is 5.45. The van der Waals surface area contributed by atoms with Crippen molar-refractivity contribution in [1.82, 2.24) is 0 Å². The fraction of sp³-hybridized carbons (Fsp3) is 0.500. The molecule has 0 fully saturated rings. The van der Waals surface area contributed by atoms with Crippen LogP contribution in [0.4, 0.5) is 5.69 Å². The SMILES string of the molecule is COC(=O)CCCN(CC(=O)OC)c1ccc(C)cc1C. The lowest BCUT2D eigenvalue weighted by molar-refractivity contribution is -0.140. The summed E-state index contributed by atoms with van der Waals surface area (Å²) in [7, 11) is 2.75.